The van der Waals surface area contributed by atoms with Gasteiger partial charge in [-0.1, -0.05) is 29.4 Å². The Balaban J connectivity index is 1.62. The summed E-state index contributed by atoms with van der Waals surface area (Å²) in [5, 5.41) is 4.11. The summed E-state index contributed by atoms with van der Waals surface area (Å²) in [4.78, 5) is 16.4. The molecule has 2 atom stereocenters. The first-order chi connectivity index (χ1) is 10.3. The zero-order valence-electron chi connectivity index (χ0n) is 11.6. The van der Waals surface area contributed by atoms with Crippen molar-refractivity contribution >= 4 is 5.78 Å². The van der Waals surface area contributed by atoms with Crippen LogP contribution in [0.2, 0.25) is 0 Å². The Morgan fingerprint density at radius 2 is 2.05 bits per heavy atom. The van der Waals surface area contributed by atoms with E-state index in [0.29, 0.717) is 31.3 Å². The van der Waals surface area contributed by atoms with E-state index in [9.17, 15) is 4.79 Å². The van der Waals surface area contributed by atoms with Crippen molar-refractivity contribution in [3.8, 4) is 0 Å². The van der Waals surface area contributed by atoms with Crippen molar-refractivity contribution in [3.05, 3.63) is 47.1 Å². The third kappa shape index (κ3) is 2.17. The lowest BCUT2D eigenvalue weighted by atomic mass is 9.99. The standard InChI is InChI=1S/C16H16N2O3/c19-14-7-8-20-9-13(14)16-17-15(18-21-16)12-6-5-10-3-1-2-4-11(10)12/h1-4,12-13H,5-9H2. The van der Waals surface area contributed by atoms with E-state index in [-0.39, 0.29) is 11.7 Å². The van der Waals surface area contributed by atoms with E-state index in [4.69, 9.17) is 9.26 Å². The molecule has 0 bridgehead atoms. The second-order valence-electron chi connectivity index (χ2n) is 5.62. The summed E-state index contributed by atoms with van der Waals surface area (Å²) >= 11 is 0. The van der Waals surface area contributed by atoms with Gasteiger partial charge < -0.3 is 9.26 Å². The molecule has 2 aliphatic rings. The van der Waals surface area contributed by atoms with Crippen LogP contribution in [0.1, 0.15) is 47.5 Å². The maximum absolute atomic E-state index is 11.9. The molecule has 0 spiro atoms. The van der Waals surface area contributed by atoms with E-state index >= 15 is 0 Å². The average molecular weight is 284 g/mol. The van der Waals surface area contributed by atoms with Crippen molar-refractivity contribution in [1.82, 2.24) is 10.1 Å². The van der Waals surface area contributed by atoms with Gasteiger partial charge in [0.1, 0.15) is 11.7 Å². The smallest absolute Gasteiger partial charge is 0.239 e. The highest BCUT2D eigenvalue weighted by Crippen LogP contribution is 2.37. The number of ketones is 1. The molecule has 5 heteroatoms. The van der Waals surface area contributed by atoms with Gasteiger partial charge >= 0.3 is 0 Å². The van der Waals surface area contributed by atoms with Crippen LogP contribution in [0.5, 0.6) is 0 Å². The quantitative estimate of drug-likeness (QED) is 0.846. The number of benzene rings is 1. The van der Waals surface area contributed by atoms with Crippen molar-refractivity contribution in [2.75, 3.05) is 13.2 Å². The second kappa shape index (κ2) is 5.07. The summed E-state index contributed by atoms with van der Waals surface area (Å²) in [6.07, 6.45) is 2.46. The van der Waals surface area contributed by atoms with Crippen LogP contribution in [0.25, 0.3) is 0 Å². The number of hydrogen-bond donors (Lipinski definition) is 0. The van der Waals surface area contributed by atoms with Gasteiger partial charge in [-0.05, 0) is 24.0 Å². The Morgan fingerprint density at radius 3 is 2.95 bits per heavy atom. The van der Waals surface area contributed by atoms with Gasteiger partial charge in [0, 0.05) is 12.3 Å². The van der Waals surface area contributed by atoms with Gasteiger partial charge in [-0.25, -0.2) is 0 Å². The van der Waals surface area contributed by atoms with Gasteiger partial charge in [0.15, 0.2) is 5.82 Å². The van der Waals surface area contributed by atoms with Gasteiger partial charge in [-0.15, -0.1) is 0 Å². The average Bonchev–Trinajstić information content (AvgIpc) is 3.14. The third-order valence-corrected chi connectivity index (χ3v) is 4.37. The molecular formula is C16H16N2O3. The molecule has 108 valence electrons. The summed E-state index contributed by atoms with van der Waals surface area (Å²) in [6, 6.07) is 8.37. The molecule has 5 nitrogen and oxygen atoms in total. The number of fused-ring (bicyclic) bond motifs is 1. The number of rotatable bonds is 2. The molecule has 0 saturated carbocycles. The van der Waals surface area contributed by atoms with Crippen molar-refractivity contribution in [2.24, 2.45) is 0 Å². The zero-order valence-corrected chi connectivity index (χ0v) is 11.6. The van der Waals surface area contributed by atoms with Gasteiger partial charge in [-0.3, -0.25) is 4.79 Å². The highest BCUT2D eigenvalue weighted by atomic mass is 16.5. The van der Waals surface area contributed by atoms with Crippen LogP contribution >= 0.6 is 0 Å². The summed E-state index contributed by atoms with van der Waals surface area (Å²) in [5.74, 6) is 1.01. The maximum Gasteiger partial charge on any atom is 0.239 e. The topological polar surface area (TPSA) is 65.2 Å². The molecule has 2 unspecified atom stereocenters. The van der Waals surface area contributed by atoms with Crippen molar-refractivity contribution in [3.63, 3.8) is 0 Å². The fraction of sp³-hybridized carbons (Fsp3) is 0.438. The van der Waals surface area contributed by atoms with E-state index in [1.807, 2.05) is 6.07 Å². The van der Waals surface area contributed by atoms with E-state index < -0.39 is 5.92 Å². The molecule has 2 heterocycles. The number of ether oxygens (including phenoxy) is 1. The summed E-state index contributed by atoms with van der Waals surface area (Å²) in [5.41, 5.74) is 2.63. The molecule has 1 aromatic heterocycles. The number of hydrogen-bond acceptors (Lipinski definition) is 5. The first-order valence-electron chi connectivity index (χ1n) is 7.34. The van der Waals surface area contributed by atoms with Crippen LogP contribution < -0.4 is 0 Å². The van der Waals surface area contributed by atoms with E-state index in [2.05, 4.69) is 28.3 Å². The van der Waals surface area contributed by atoms with Gasteiger partial charge in [0.05, 0.1) is 13.2 Å². The molecule has 1 aromatic carbocycles. The highest BCUT2D eigenvalue weighted by Gasteiger charge is 2.32. The zero-order chi connectivity index (χ0) is 14.2. The molecule has 1 fully saturated rings. The van der Waals surface area contributed by atoms with Crippen molar-refractivity contribution < 1.29 is 14.1 Å². The fourth-order valence-corrected chi connectivity index (χ4v) is 3.21. The minimum Gasteiger partial charge on any atom is -0.380 e. The Hall–Kier alpha value is -2.01. The number of Topliss-reactive ketones (excluding diaryl/α,β-unsaturated/α-hetero) is 1. The minimum atomic E-state index is -0.392. The molecule has 0 radical (unpaired) electrons. The number of aromatic nitrogens is 2. The van der Waals surface area contributed by atoms with Crippen LogP contribution in [0.15, 0.2) is 28.8 Å². The summed E-state index contributed by atoms with van der Waals surface area (Å²) < 4.78 is 10.7. The summed E-state index contributed by atoms with van der Waals surface area (Å²) in [6.45, 7) is 0.841. The number of carbonyl (C=O) groups is 1. The predicted molar refractivity (Wildman–Crippen MR) is 74.1 cm³/mol. The van der Waals surface area contributed by atoms with Crippen molar-refractivity contribution in [2.45, 2.75) is 31.1 Å². The SMILES string of the molecule is O=C1CCOCC1c1nc(C2CCc3ccccc32)no1. The largest absolute Gasteiger partial charge is 0.380 e. The predicted octanol–water partition coefficient (Wildman–Crippen LogP) is 2.22. The molecule has 1 saturated heterocycles. The number of nitrogens with zero attached hydrogens (tertiary/aromatic N) is 2. The Morgan fingerprint density at radius 1 is 1.14 bits per heavy atom. The monoisotopic (exact) mass is 284 g/mol. The van der Waals surface area contributed by atoms with E-state index in [0.717, 1.165) is 12.8 Å². The maximum atomic E-state index is 11.9. The van der Waals surface area contributed by atoms with E-state index in [1.165, 1.54) is 11.1 Å². The van der Waals surface area contributed by atoms with Crippen LogP contribution in [-0.4, -0.2) is 29.1 Å². The lowest BCUT2D eigenvalue weighted by Crippen LogP contribution is -2.25. The highest BCUT2D eigenvalue weighted by molar-refractivity contribution is 5.85. The summed E-state index contributed by atoms with van der Waals surface area (Å²) in [7, 11) is 0. The Kier molecular flexibility index (Phi) is 3.07. The first-order valence-corrected chi connectivity index (χ1v) is 7.34. The molecule has 21 heavy (non-hydrogen) atoms. The van der Waals surface area contributed by atoms with Gasteiger partial charge in [0.25, 0.3) is 0 Å². The molecule has 1 aliphatic heterocycles. The van der Waals surface area contributed by atoms with E-state index in [1.54, 1.807) is 0 Å². The van der Waals surface area contributed by atoms with Crippen LogP contribution in [0.4, 0.5) is 0 Å². The lowest BCUT2D eigenvalue weighted by Gasteiger charge is -2.17. The van der Waals surface area contributed by atoms with Gasteiger partial charge in [-0.2, -0.15) is 4.98 Å². The van der Waals surface area contributed by atoms with Crippen molar-refractivity contribution in [1.29, 1.82) is 0 Å². The molecule has 1 aliphatic carbocycles. The fourth-order valence-electron chi connectivity index (χ4n) is 3.21. The minimum absolute atomic E-state index is 0.128. The molecule has 0 N–H and O–H groups in total. The van der Waals surface area contributed by atoms with Crippen LogP contribution in [-0.2, 0) is 16.0 Å². The Bertz CT molecular complexity index is 680. The Labute approximate surface area is 122 Å². The molecular weight excluding hydrogens is 268 g/mol. The number of carbonyl (C=O) groups excluding carboxylic acids is 1. The van der Waals surface area contributed by atoms with Crippen LogP contribution in [0, 0.1) is 0 Å². The molecule has 4 rings (SSSR count). The molecule has 0 amide bonds. The molecule has 2 aromatic rings. The van der Waals surface area contributed by atoms with Crippen LogP contribution in [0.3, 0.4) is 0 Å². The third-order valence-electron chi connectivity index (χ3n) is 4.37. The van der Waals surface area contributed by atoms with Gasteiger partial charge in [0.2, 0.25) is 5.89 Å². The lowest BCUT2D eigenvalue weighted by molar-refractivity contribution is -0.127. The normalized spacial score (nSPS) is 25.0. The first kappa shape index (κ1) is 12.7. The second-order valence-corrected chi connectivity index (χ2v) is 5.62. The number of aryl methyl sites for hydroxylation is 1.